The number of hydrogen-bond acceptors (Lipinski definition) is 5. The van der Waals surface area contributed by atoms with E-state index < -0.39 is 12.1 Å². The summed E-state index contributed by atoms with van der Waals surface area (Å²) in [5.74, 6) is -0.0560. The molecule has 84 heavy (non-hydrogen) atoms. The van der Waals surface area contributed by atoms with Crippen LogP contribution in [0.4, 0.5) is 0 Å². The second kappa shape index (κ2) is 73.3. The molecule has 0 saturated carbocycles. The van der Waals surface area contributed by atoms with Gasteiger partial charge in [-0.15, -0.1) is 0 Å². The number of unbranched alkanes of at least 4 members (excludes halogenated alkanes) is 54. The maximum absolute atomic E-state index is 12.5. The van der Waals surface area contributed by atoms with E-state index in [2.05, 4.69) is 55.6 Å². The number of carbonyl (C=O) groups excluding carboxylic acids is 2. The van der Waals surface area contributed by atoms with Crippen LogP contribution in [0.15, 0.2) is 48.6 Å². The van der Waals surface area contributed by atoms with Crippen LogP contribution in [0.3, 0.4) is 0 Å². The second-order valence-corrected chi connectivity index (χ2v) is 26.0. The van der Waals surface area contributed by atoms with Crippen molar-refractivity contribution >= 4 is 11.9 Å². The van der Waals surface area contributed by atoms with Crippen molar-refractivity contribution in [2.45, 2.75) is 424 Å². The van der Waals surface area contributed by atoms with Crippen molar-refractivity contribution in [2.75, 3.05) is 13.2 Å². The lowest BCUT2D eigenvalue weighted by Gasteiger charge is -2.20. The van der Waals surface area contributed by atoms with Crippen LogP contribution < -0.4 is 5.32 Å². The topological polar surface area (TPSA) is 95.9 Å². The number of hydrogen-bond donors (Lipinski definition) is 3. The summed E-state index contributed by atoms with van der Waals surface area (Å²) in [6, 6.07) is -0.630. The minimum absolute atomic E-state index is 0.00811. The van der Waals surface area contributed by atoms with Crippen LogP contribution in [0.5, 0.6) is 0 Å². The first-order chi connectivity index (χ1) is 41.5. The highest BCUT2D eigenvalue weighted by molar-refractivity contribution is 5.76. The number of nitrogens with one attached hydrogen (secondary N) is 1. The molecule has 0 aromatic carbocycles. The van der Waals surface area contributed by atoms with E-state index in [4.69, 9.17) is 4.74 Å². The van der Waals surface area contributed by atoms with Gasteiger partial charge in [-0.3, -0.25) is 9.59 Å². The van der Waals surface area contributed by atoms with Gasteiger partial charge in [-0.25, -0.2) is 0 Å². The first kappa shape index (κ1) is 81.8. The van der Waals surface area contributed by atoms with Crippen LogP contribution in [0.1, 0.15) is 412 Å². The van der Waals surface area contributed by atoms with Gasteiger partial charge in [-0.2, -0.15) is 0 Å². The lowest BCUT2D eigenvalue weighted by Crippen LogP contribution is -2.45. The number of carbonyl (C=O) groups is 2. The third kappa shape index (κ3) is 68.9. The standard InChI is InChI=1S/C78H147NO5/c1-3-5-7-9-11-13-15-17-19-21-22-23-32-35-39-42-46-50-54-58-62-66-70-76(81)75(74-80)79-77(82)71-67-63-59-55-51-47-43-40-36-33-30-28-26-24-25-27-29-31-34-37-41-45-49-53-57-61-65-69-73-84-78(83)72-68-64-60-56-52-48-44-38-20-18-16-14-12-10-8-6-4-2/h12,14,18,20,24-25,66,70,75-76,80-81H,3-11,13,15-17,19,21-23,26-65,67-69,71-74H2,1-2H3,(H,79,82)/b14-12-,20-18-,25-24-,70-66+. The van der Waals surface area contributed by atoms with Crippen LogP contribution in [0.25, 0.3) is 0 Å². The Hall–Kier alpha value is -2.18. The van der Waals surface area contributed by atoms with Gasteiger partial charge in [0.1, 0.15) is 0 Å². The molecule has 1 amide bonds. The molecule has 0 aliphatic rings. The van der Waals surface area contributed by atoms with Gasteiger partial charge >= 0.3 is 5.97 Å². The smallest absolute Gasteiger partial charge is 0.305 e. The molecular formula is C78H147NO5. The van der Waals surface area contributed by atoms with Crippen molar-refractivity contribution in [3.8, 4) is 0 Å². The van der Waals surface area contributed by atoms with Crippen LogP contribution in [0.2, 0.25) is 0 Å². The van der Waals surface area contributed by atoms with Crippen LogP contribution in [-0.4, -0.2) is 47.4 Å². The maximum atomic E-state index is 12.5. The average Bonchev–Trinajstić information content (AvgIpc) is 3.51. The molecule has 2 unspecified atom stereocenters. The molecule has 0 aromatic heterocycles. The molecule has 494 valence electrons. The number of allylic oxidation sites excluding steroid dienone is 7. The van der Waals surface area contributed by atoms with E-state index in [0.29, 0.717) is 19.4 Å². The van der Waals surface area contributed by atoms with Gasteiger partial charge in [0.25, 0.3) is 0 Å². The molecule has 0 saturated heterocycles. The molecule has 2 atom stereocenters. The third-order valence-corrected chi connectivity index (χ3v) is 17.6. The average molecular weight is 1180 g/mol. The summed E-state index contributed by atoms with van der Waals surface area (Å²) in [7, 11) is 0. The van der Waals surface area contributed by atoms with Crippen molar-refractivity contribution in [2.24, 2.45) is 0 Å². The number of aliphatic hydroxyl groups excluding tert-OH is 2. The van der Waals surface area contributed by atoms with E-state index in [9.17, 15) is 19.8 Å². The van der Waals surface area contributed by atoms with E-state index in [1.165, 1.54) is 334 Å². The Morgan fingerprint density at radius 3 is 0.940 bits per heavy atom. The number of ether oxygens (including phenoxy) is 1. The zero-order valence-electron chi connectivity index (χ0n) is 56.6. The Balaban J connectivity index is 3.40. The van der Waals surface area contributed by atoms with E-state index in [1.54, 1.807) is 6.08 Å². The van der Waals surface area contributed by atoms with Crippen LogP contribution in [0, 0.1) is 0 Å². The molecule has 0 radical (unpaired) electrons. The minimum atomic E-state index is -0.846. The fourth-order valence-corrected chi connectivity index (χ4v) is 11.8. The Labute approximate surface area is 525 Å². The van der Waals surface area contributed by atoms with Crippen LogP contribution in [-0.2, 0) is 14.3 Å². The molecule has 3 N–H and O–H groups in total. The lowest BCUT2D eigenvalue weighted by molar-refractivity contribution is -0.143. The monoisotopic (exact) mass is 1180 g/mol. The molecular weight excluding hydrogens is 1030 g/mol. The third-order valence-electron chi connectivity index (χ3n) is 17.6. The second-order valence-electron chi connectivity index (χ2n) is 26.0. The highest BCUT2D eigenvalue weighted by Crippen LogP contribution is 2.19. The van der Waals surface area contributed by atoms with Crippen molar-refractivity contribution in [1.29, 1.82) is 0 Å². The Morgan fingerprint density at radius 1 is 0.333 bits per heavy atom. The van der Waals surface area contributed by atoms with Gasteiger partial charge in [-0.05, 0) is 89.9 Å². The van der Waals surface area contributed by atoms with Gasteiger partial charge in [0, 0.05) is 12.8 Å². The summed E-state index contributed by atoms with van der Waals surface area (Å²) in [5, 5.41) is 23.3. The van der Waals surface area contributed by atoms with Crippen molar-refractivity contribution < 1.29 is 24.5 Å². The van der Waals surface area contributed by atoms with Gasteiger partial charge < -0.3 is 20.3 Å². The fourth-order valence-electron chi connectivity index (χ4n) is 11.8. The predicted molar refractivity (Wildman–Crippen MR) is 370 cm³/mol. The molecule has 0 heterocycles. The molecule has 0 fully saturated rings. The highest BCUT2D eigenvalue weighted by Gasteiger charge is 2.18. The van der Waals surface area contributed by atoms with E-state index in [1.807, 2.05) is 6.08 Å². The summed E-state index contributed by atoms with van der Waals surface area (Å²) in [5.41, 5.74) is 0. The molecule has 6 heteroatoms. The first-order valence-corrected chi connectivity index (χ1v) is 37.9. The van der Waals surface area contributed by atoms with Crippen LogP contribution >= 0.6 is 0 Å². The maximum Gasteiger partial charge on any atom is 0.305 e. The summed E-state index contributed by atoms with van der Waals surface area (Å²) < 4.78 is 5.50. The SMILES string of the molecule is CCCCC/C=C\C/C=C\CCCCCCCCCC(=O)OCCCCCCCCCCCCCC/C=C\CCCCCCCCCCCCCCC(=O)NC(CO)C(O)/C=C/CCCCCCCCCCCCCCCCCCCCCC. The Morgan fingerprint density at radius 2 is 0.595 bits per heavy atom. The highest BCUT2D eigenvalue weighted by atomic mass is 16.5. The number of esters is 1. The summed E-state index contributed by atoms with van der Waals surface area (Å²) >= 11 is 0. The van der Waals surface area contributed by atoms with E-state index in [0.717, 1.165) is 51.4 Å². The van der Waals surface area contributed by atoms with E-state index in [-0.39, 0.29) is 18.5 Å². The fraction of sp³-hybridized carbons (Fsp3) is 0.872. The predicted octanol–water partition coefficient (Wildman–Crippen LogP) is 24.8. The molecule has 0 aromatic rings. The normalized spacial score (nSPS) is 12.8. The molecule has 0 rings (SSSR count). The Kier molecular flexibility index (Phi) is 71.4. The quantitative estimate of drug-likeness (QED) is 0.0320. The molecule has 0 aliphatic carbocycles. The molecule has 0 spiro atoms. The zero-order chi connectivity index (χ0) is 60.6. The largest absolute Gasteiger partial charge is 0.466 e. The van der Waals surface area contributed by atoms with Gasteiger partial charge in [0.2, 0.25) is 5.91 Å². The first-order valence-electron chi connectivity index (χ1n) is 37.9. The summed E-state index contributed by atoms with van der Waals surface area (Å²) in [6.07, 6.45) is 96.4. The molecule has 6 nitrogen and oxygen atoms in total. The van der Waals surface area contributed by atoms with Crippen molar-refractivity contribution in [3.63, 3.8) is 0 Å². The van der Waals surface area contributed by atoms with E-state index >= 15 is 0 Å². The minimum Gasteiger partial charge on any atom is -0.466 e. The molecule has 0 bridgehead atoms. The summed E-state index contributed by atoms with van der Waals surface area (Å²) in [6.45, 7) is 4.91. The zero-order valence-corrected chi connectivity index (χ0v) is 56.6. The van der Waals surface area contributed by atoms with Crippen molar-refractivity contribution in [3.05, 3.63) is 48.6 Å². The number of aliphatic hydroxyl groups is 2. The number of rotatable bonds is 71. The Bertz CT molecular complexity index is 1400. The summed E-state index contributed by atoms with van der Waals surface area (Å²) in [4.78, 5) is 24.6. The van der Waals surface area contributed by atoms with Gasteiger partial charge in [0.05, 0.1) is 25.4 Å². The van der Waals surface area contributed by atoms with Crippen molar-refractivity contribution in [1.82, 2.24) is 5.32 Å². The lowest BCUT2D eigenvalue weighted by atomic mass is 10.0. The molecule has 0 aliphatic heterocycles. The van der Waals surface area contributed by atoms with Gasteiger partial charge in [0.15, 0.2) is 0 Å². The van der Waals surface area contributed by atoms with Gasteiger partial charge in [-0.1, -0.05) is 358 Å². The number of amides is 1.